The molecule has 0 fully saturated rings. The summed E-state index contributed by atoms with van der Waals surface area (Å²) >= 11 is 12.2. The molecular weight excluding hydrogens is 277 g/mol. The van der Waals surface area contributed by atoms with Crippen molar-refractivity contribution in [3.63, 3.8) is 0 Å². The highest BCUT2D eigenvalue weighted by molar-refractivity contribution is 6.38. The van der Waals surface area contributed by atoms with Crippen LogP contribution in [0.2, 0.25) is 10.0 Å². The minimum Gasteiger partial charge on any atom is -0.357 e. The first-order valence-electron chi connectivity index (χ1n) is 6.23. The summed E-state index contributed by atoms with van der Waals surface area (Å²) < 4.78 is 0. The van der Waals surface area contributed by atoms with Gasteiger partial charge in [-0.3, -0.25) is 0 Å². The Hall–Kier alpha value is -1.44. The number of hydrogen-bond acceptors (Lipinski definition) is 0. The first-order valence-corrected chi connectivity index (χ1v) is 6.98. The van der Waals surface area contributed by atoms with Gasteiger partial charge in [-0.1, -0.05) is 53.5 Å². The van der Waals surface area contributed by atoms with Crippen LogP contribution in [0.4, 0.5) is 0 Å². The van der Waals surface area contributed by atoms with Gasteiger partial charge in [0.1, 0.15) is 0 Å². The van der Waals surface area contributed by atoms with E-state index in [4.69, 9.17) is 23.2 Å². The number of halogens is 2. The van der Waals surface area contributed by atoms with Crippen LogP contribution in [0.3, 0.4) is 0 Å². The Kier molecular flexibility index (Phi) is 3.50. The van der Waals surface area contributed by atoms with E-state index < -0.39 is 0 Å². The van der Waals surface area contributed by atoms with E-state index in [2.05, 4.69) is 35.3 Å². The standard InChI is InChI=1S/C16H13Cl2N/c17-13-8-12-9-14(19-16(12)15(18)10-13)7-6-11-4-2-1-3-5-11/h1-5,8-10,19H,6-7H2. The Morgan fingerprint density at radius 1 is 0.895 bits per heavy atom. The number of rotatable bonds is 3. The van der Waals surface area contributed by atoms with Crippen LogP contribution < -0.4 is 0 Å². The summed E-state index contributed by atoms with van der Waals surface area (Å²) in [6.45, 7) is 0. The third-order valence-corrected chi connectivity index (χ3v) is 3.74. The number of H-pyrrole nitrogens is 1. The molecule has 19 heavy (non-hydrogen) atoms. The molecule has 3 rings (SSSR count). The second-order valence-corrected chi connectivity index (χ2v) is 5.48. The molecule has 0 saturated carbocycles. The number of aromatic nitrogens is 1. The highest BCUT2D eigenvalue weighted by atomic mass is 35.5. The SMILES string of the molecule is Clc1cc(Cl)c2[nH]c(CCc3ccccc3)cc2c1. The molecular formula is C16H13Cl2N. The summed E-state index contributed by atoms with van der Waals surface area (Å²) in [5.74, 6) is 0. The molecule has 0 radical (unpaired) electrons. The van der Waals surface area contributed by atoms with E-state index in [0.29, 0.717) is 10.0 Å². The molecule has 96 valence electrons. The maximum atomic E-state index is 6.18. The van der Waals surface area contributed by atoms with E-state index in [1.165, 1.54) is 11.3 Å². The molecule has 0 saturated heterocycles. The molecule has 0 bridgehead atoms. The lowest BCUT2D eigenvalue weighted by Gasteiger charge is -1.99. The summed E-state index contributed by atoms with van der Waals surface area (Å²) in [6.07, 6.45) is 1.98. The molecule has 2 aromatic carbocycles. The molecule has 1 heterocycles. The van der Waals surface area contributed by atoms with Gasteiger partial charge in [0, 0.05) is 16.1 Å². The number of fused-ring (bicyclic) bond motifs is 1. The van der Waals surface area contributed by atoms with Crippen molar-refractivity contribution in [2.45, 2.75) is 12.8 Å². The van der Waals surface area contributed by atoms with Crippen molar-refractivity contribution in [2.24, 2.45) is 0 Å². The Morgan fingerprint density at radius 3 is 2.47 bits per heavy atom. The van der Waals surface area contributed by atoms with Crippen LogP contribution in [-0.2, 0) is 12.8 Å². The predicted octanol–water partition coefficient (Wildman–Crippen LogP) is 5.26. The van der Waals surface area contributed by atoms with Crippen LogP contribution in [0.15, 0.2) is 48.5 Å². The summed E-state index contributed by atoms with van der Waals surface area (Å²) in [6, 6.07) is 16.3. The molecule has 0 aliphatic carbocycles. The van der Waals surface area contributed by atoms with E-state index in [9.17, 15) is 0 Å². The smallest absolute Gasteiger partial charge is 0.0661 e. The van der Waals surface area contributed by atoms with Gasteiger partial charge in [0.05, 0.1) is 10.5 Å². The quantitative estimate of drug-likeness (QED) is 0.677. The van der Waals surface area contributed by atoms with Crippen molar-refractivity contribution in [1.29, 1.82) is 0 Å². The molecule has 3 aromatic rings. The van der Waals surface area contributed by atoms with Crippen LogP contribution in [0.25, 0.3) is 10.9 Å². The lowest BCUT2D eigenvalue weighted by Crippen LogP contribution is -1.90. The second-order valence-electron chi connectivity index (χ2n) is 4.63. The van der Waals surface area contributed by atoms with Crippen molar-refractivity contribution in [2.75, 3.05) is 0 Å². The molecule has 0 aliphatic rings. The molecule has 1 aromatic heterocycles. The predicted molar refractivity (Wildman–Crippen MR) is 82.2 cm³/mol. The minimum atomic E-state index is 0.672. The van der Waals surface area contributed by atoms with E-state index in [-0.39, 0.29) is 0 Å². The molecule has 0 spiro atoms. The van der Waals surface area contributed by atoms with Gasteiger partial charge in [-0.15, -0.1) is 0 Å². The molecule has 3 heteroatoms. The zero-order valence-electron chi connectivity index (χ0n) is 10.3. The van der Waals surface area contributed by atoms with Gasteiger partial charge < -0.3 is 4.98 Å². The van der Waals surface area contributed by atoms with Gasteiger partial charge in [-0.05, 0) is 36.6 Å². The summed E-state index contributed by atoms with van der Waals surface area (Å²) in [5.41, 5.74) is 3.49. The summed E-state index contributed by atoms with van der Waals surface area (Å²) in [4.78, 5) is 3.37. The Labute approximate surface area is 122 Å². The fraction of sp³-hybridized carbons (Fsp3) is 0.125. The van der Waals surface area contributed by atoms with Crippen molar-refractivity contribution in [3.8, 4) is 0 Å². The average Bonchev–Trinajstić information content (AvgIpc) is 2.81. The van der Waals surface area contributed by atoms with E-state index >= 15 is 0 Å². The topological polar surface area (TPSA) is 15.8 Å². The zero-order valence-corrected chi connectivity index (χ0v) is 11.8. The molecule has 1 nitrogen and oxygen atoms in total. The zero-order chi connectivity index (χ0) is 13.2. The molecule has 1 N–H and O–H groups in total. The minimum absolute atomic E-state index is 0.672. The van der Waals surface area contributed by atoms with E-state index in [0.717, 1.165) is 23.7 Å². The van der Waals surface area contributed by atoms with Crippen LogP contribution in [0, 0.1) is 0 Å². The number of aryl methyl sites for hydroxylation is 2. The Morgan fingerprint density at radius 2 is 1.68 bits per heavy atom. The first-order chi connectivity index (χ1) is 9.22. The number of hydrogen-bond donors (Lipinski definition) is 1. The number of aromatic amines is 1. The highest BCUT2D eigenvalue weighted by Crippen LogP contribution is 2.28. The van der Waals surface area contributed by atoms with Gasteiger partial charge >= 0.3 is 0 Å². The molecule has 0 aliphatic heterocycles. The first kappa shape index (κ1) is 12.6. The number of benzene rings is 2. The largest absolute Gasteiger partial charge is 0.357 e. The van der Waals surface area contributed by atoms with E-state index in [1.54, 1.807) is 6.07 Å². The molecule has 0 amide bonds. The Balaban J connectivity index is 1.84. The summed E-state index contributed by atoms with van der Waals surface area (Å²) in [5, 5.41) is 2.42. The average molecular weight is 290 g/mol. The fourth-order valence-electron chi connectivity index (χ4n) is 2.28. The lowest BCUT2D eigenvalue weighted by molar-refractivity contribution is 0.930. The van der Waals surface area contributed by atoms with Crippen molar-refractivity contribution < 1.29 is 0 Å². The maximum Gasteiger partial charge on any atom is 0.0661 e. The lowest BCUT2D eigenvalue weighted by atomic mass is 10.1. The second kappa shape index (κ2) is 5.28. The maximum absolute atomic E-state index is 6.18. The van der Waals surface area contributed by atoms with E-state index in [1.807, 2.05) is 12.1 Å². The van der Waals surface area contributed by atoms with Crippen LogP contribution in [0.1, 0.15) is 11.3 Å². The van der Waals surface area contributed by atoms with Gasteiger partial charge in [0.25, 0.3) is 0 Å². The Bertz CT molecular complexity index is 701. The van der Waals surface area contributed by atoms with Gasteiger partial charge in [0.15, 0.2) is 0 Å². The van der Waals surface area contributed by atoms with Crippen LogP contribution in [-0.4, -0.2) is 4.98 Å². The third kappa shape index (κ3) is 2.78. The van der Waals surface area contributed by atoms with Gasteiger partial charge in [0.2, 0.25) is 0 Å². The van der Waals surface area contributed by atoms with Crippen molar-refractivity contribution >= 4 is 34.1 Å². The highest BCUT2D eigenvalue weighted by Gasteiger charge is 2.06. The fourth-order valence-corrected chi connectivity index (χ4v) is 2.84. The third-order valence-electron chi connectivity index (χ3n) is 3.23. The van der Waals surface area contributed by atoms with Gasteiger partial charge in [-0.2, -0.15) is 0 Å². The normalized spacial score (nSPS) is 11.1. The van der Waals surface area contributed by atoms with Gasteiger partial charge in [-0.25, -0.2) is 0 Å². The van der Waals surface area contributed by atoms with Crippen LogP contribution in [0.5, 0.6) is 0 Å². The number of nitrogens with one attached hydrogen (secondary N) is 1. The monoisotopic (exact) mass is 289 g/mol. The molecule has 0 atom stereocenters. The van der Waals surface area contributed by atoms with Crippen molar-refractivity contribution in [1.82, 2.24) is 4.98 Å². The van der Waals surface area contributed by atoms with Crippen molar-refractivity contribution in [3.05, 3.63) is 69.8 Å². The molecule has 0 unspecified atom stereocenters. The van der Waals surface area contributed by atoms with Crippen LogP contribution >= 0.6 is 23.2 Å². The summed E-state index contributed by atoms with van der Waals surface area (Å²) in [7, 11) is 0.